The second kappa shape index (κ2) is 6.93. The smallest absolute Gasteiger partial charge is 0.216 e. The van der Waals surface area contributed by atoms with Crippen LogP contribution in [0.5, 0.6) is 0 Å². The van der Waals surface area contributed by atoms with Gasteiger partial charge in [0.15, 0.2) is 0 Å². The number of rotatable bonds is 7. The van der Waals surface area contributed by atoms with Crippen LogP contribution in [0.4, 0.5) is 65.9 Å². The van der Waals surface area contributed by atoms with Gasteiger partial charge in [-0.2, -0.15) is 61.5 Å². The maximum atomic E-state index is 13.2. The summed E-state index contributed by atoms with van der Waals surface area (Å²) in [5.74, 6) is -30.0. The van der Waals surface area contributed by atoms with E-state index in [1.807, 2.05) is 0 Å². The minimum absolute atomic E-state index is 0.427. The van der Waals surface area contributed by atoms with E-state index in [0.29, 0.717) is 0 Å². The Kier molecular flexibility index (Phi) is 6.85. The van der Waals surface area contributed by atoms with Crippen molar-refractivity contribution in [3.8, 4) is 0 Å². The van der Waals surface area contributed by atoms with Gasteiger partial charge in [0.1, 0.15) is 0 Å². The van der Waals surface area contributed by atoms with Crippen molar-refractivity contribution in [2.45, 2.75) is 54.6 Å². The average molecular weight is 538 g/mol. The summed E-state index contributed by atoms with van der Waals surface area (Å²) in [6.07, 6.45) is -19.1. The number of hydrogen-bond acceptors (Lipinski definition) is 0. The zero-order valence-electron chi connectivity index (χ0n) is 11.7. The van der Waals surface area contributed by atoms with Crippen LogP contribution in [0, 0.1) is 0 Å². The van der Waals surface area contributed by atoms with Crippen molar-refractivity contribution in [3.63, 3.8) is 0 Å². The summed E-state index contributed by atoms with van der Waals surface area (Å²) in [6, 6.07) is 0. The summed E-state index contributed by atoms with van der Waals surface area (Å²) in [6.45, 7) is 0. The van der Waals surface area contributed by atoms with Crippen molar-refractivity contribution in [1.82, 2.24) is 0 Å². The van der Waals surface area contributed by atoms with Crippen LogP contribution in [-0.4, -0.2) is 46.1 Å². The fourth-order valence-electron chi connectivity index (χ4n) is 1.61. The lowest BCUT2D eigenvalue weighted by Crippen LogP contribution is -2.75. The highest BCUT2D eigenvalue weighted by molar-refractivity contribution is 14.1. The van der Waals surface area contributed by atoms with Crippen LogP contribution in [-0.2, 0) is 0 Å². The van der Waals surface area contributed by atoms with E-state index in [1.54, 1.807) is 0 Å². The molecule has 0 amide bonds. The van der Waals surface area contributed by atoms with Crippen LogP contribution in [0.25, 0.3) is 0 Å². The van der Waals surface area contributed by atoms with E-state index in [-0.39, 0.29) is 0 Å². The minimum Gasteiger partial charge on any atom is -0.216 e. The number of alkyl halides is 16. The van der Waals surface area contributed by atoms with E-state index in [4.69, 9.17) is 0 Å². The quantitative estimate of drug-likeness (QED) is 0.196. The van der Waals surface area contributed by atoms with Gasteiger partial charge in [0.2, 0.25) is 0 Å². The van der Waals surface area contributed by atoms with Crippen LogP contribution < -0.4 is 0 Å². The molecule has 16 heteroatoms. The molecular formula is C10H6F15I. The van der Waals surface area contributed by atoms with Gasteiger partial charge in [-0.15, -0.1) is 0 Å². The molecule has 0 bridgehead atoms. The molecule has 0 fully saturated rings. The Morgan fingerprint density at radius 1 is 0.500 bits per heavy atom. The zero-order valence-corrected chi connectivity index (χ0v) is 13.8. The minimum atomic E-state index is -8.33. The van der Waals surface area contributed by atoms with Crippen LogP contribution in [0.3, 0.4) is 0 Å². The molecule has 0 saturated heterocycles. The van der Waals surface area contributed by atoms with Gasteiger partial charge in [0, 0.05) is 6.42 Å². The monoisotopic (exact) mass is 538 g/mol. The highest BCUT2D eigenvalue weighted by Gasteiger charge is 2.95. The Bertz CT molecular complexity index is 474. The molecule has 26 heavy (non-hydrogen) atoms. The summed E-state index contributed by atoms with van der Waals surface area (Å²) in [4.78, 5) is 0. The van der Waals surface area contributed by atoms with Crippen molar-refractivity contribution >= 4 is 22.6 Å². The van der Waals surface area contributed by atoms with E-state index < -0.39 is 59.0 Å². The lowest BCUT2D eigenvalue weighted by atomic mass is 9.85. The fraction of sp³-hybridized carbons (Fsp3) is 1.00. The van der Waals surface area contributed by atoms with Crippen LogP contribution >= 0.6 is 22.6 Å². The molecule has 0 atom stereocenters. The molecule has 0 spiro atoms. The molecule has 0 radical (unpaired) electrons. The first kappa shape index (κ1) is 25.7. The SMILES string of the molecule is FC(F)(F)C(F)(C(F)(F)F)C(F)(F)C(F)(F)C(F)(F)C(F)(F)CCCI. The first-order valence-corrected chi connectivity index (χ1v) is 7.48. The Morgan fingerprint density at radius 2 is 0.846 bits per heavy atom. The van der Waals surface area contributed by atoms with Gasteiger partial charge in [-0.3, -0.25) is 0 Å². The third kappa shape index (κ3) is 3.54. The summed E-state index contributed by atoms with van der Waals surface area (Å²) >= 11 is 1.26. The van der Waals surface area contributed by atoms with Crippen molar-refractivity contribution < 1.29 is 65.9 Å². The lowest BCUT2D eigenvalue weighted by molar-refractivity contribution is -0.457. The topological polar surface area (TPSA) is 0 Å². The molecule has 0 aromatic heterocycles. The van der Waals surface area contributed by atoms with E-state index in [9.17, 15) is 65.9 Å². The van der Waals surface area contributed by atoms with Gasteiger partial charge in [-0.25, -0.2) is 4.39 Å². The maximum absolute atomic E-state index is 13.2. The predicted molar refractivity (Wildman–Crippen MR) is 63.9 cm³/mol. The molecule has 0 aliphatic carbocycles. The van der Waals surface area contributed by atoms with E-state index in [0.717, 1.165) is 0 Å². The Morgan fingerprint density at radius 3 is 1.12 bits per heavy atom. The number of halogens is 16. The molecular weight excluding hydrogens is 532 g/mol. The first-order chi connectivity index (χ1) is 11.1. The van der Waals surface area contributed by atoms with Crippen molar-refractivity contribution in [3.05, 3.63) is 0 Å². The van der Waals surface area contributed by atoms with Crippen molar-refractivity contribution in [2.75, 3.05) is 4.43 Å². The molecule has 0 nitrogen and oxygen atoms in total. The molecule has 0 saturated carbocycles. The molecule has 0 unspecified atom stereocenters. The second-order valence-electron chi connectivity index (χ2n) is 4.87. The van der Waals surface area contributed by atoms with E-state index >= 15 is 0 Å². The van der Waals surface area contributed by atoms with Gasteiger partial charge in [0.05, 0.1) is 0 Å². The summed E-state index contributed by atoms with van der Waals surface area (Å²) in [5, 5.41) is 0. The summed E-state index contributed by atoms with van der Waals surface area (Å²) in [7, 11) is 0. The molecule has 0 aromatic rings. The summed E-state index contributed by atoms with van der Waals surface area (Å²) < 4.78 is 191. The highest BCUT2D eigenvalue weighted by atomic mass is 127. The van der Waals surface area contributed by atoms with Gasteiger partial charge >= 0.3 is 41.7 Å². The second-order valence-corrected chi connectivity index (χ2v) is 5.95. The molecule has 0 N–H and O–H groups in total. The maximum Gasteiger partial charge on any atom is 0.438 e. The first-order valence-electron chi connectivity index (χ1n) is 5.96. The van der Waals surface area contributed by atoms with Crippen LogP contribution in [0.1, 0.15) is 12.8 Å². The summed E-state index contributed by atoms with van der Waals surface area (Å²) in [5.41, 5.74) is -8.22. The molecule has 0 aliphatic heterocycles. The zero-order chi connectivity index (χ0) is 21.6. The van der Waals surface area contributed by atoms with Crippen molar-refractivity contribution in [2.24, 2.45) is 0 Å². The van der Waals surface area contributed by atoms with Gasteiger partial charge < -0.3 is 0 Å². The normalized spacial score (nSPS) is 16.2. The average Bonchev–Trinajstić information content (AvgIpc) is 2.40. The molecule has 158 valence electrons. The Labute approximate surface area is 148 Å². The van der Waals surface area contributed by atoms with Crippen molar-refractivity contribution in [1.29, 1.82) is 0 Å². The Hall–Kier alpha value is -0.320. The van der Waals surface area contributed by atoms with E-state index in [1.165, 1.54) is 22.6 Å². The number of hydrogen-bond donors (Lipinski definition) is 0. The predicted octanol–water partition coefficient (Wildman–Crippen LogP) is 6.58. The molecule has 0 aromatic carbocycles. The van der Waals surface area contributed by atoms with E-state index in [2.05, 4.69) is 0 Å². The molecule has 0 rings (SSSR count). The lowest BCUT2D eigenvalue weighted by Gasteiger charge is -2.43. The largest absolute Gasteiger partial charge is 0.438 e. The fourth-order valence-corrected chi connectivity index (χ4v) is 1.99. The Balaban J connectivity index is 6.55. The highest BCUT2D eigenvalue weighted by Crippen LogP contribution is 2.64. The van der Waals surface area contributed by atoms with Gasteiger partial charge in [0.25, 0.3) is 0 Å². The molecule has 0 heterocycles. The molecule has 0 aliphatic rings. The van der Waals surface area contributed by atoms with Crippen LogP contribution in [0.15, 0.2) is 0 Å². The standard InChI is InChI=1S/C10H6F15I/c11-4(12,2-1-3-26)6(14,15)8(18,19)7(16,17)5(13,9(20,21)22)10(23,24)25/h1-3H2. The van der Waals surface area contributed by atoms with Crippen LogP contribution in [0.2, 0.25) is 0 Å². The third-order valence-electron chi connectivity index (χ3n) is 3.09. The van der Waals surface area contributed by atoms with Gasteiger partial charge in [-0.1, -0.05) is 22.6 Å². The third-order valence-corrected chi connectivity index (χ3v) is 3.85. The van der Waals surface area contributed by atoms with Gasteiger partial charge in [-0.05, 0) is 10.8 Å².